The zero-order valence-electron chi connectivity index (χ0n) is 15.3. The molecule has 1 unspecified atom stereocenters. The van der Waals surface area contributed by atoms with Gasteiger partial charge in [0.15, 0.2) is 11.5 Å². The Bertz CT molecular complexity index is 643. The van der Waals surface area contributed by atoms with Crippen LogP contribution in [0.5, 0.6) is 11.5 Å². The Kier molecular flexibility index (Phi) is 8.70. The van der Waals surface area contributed by atoms with E-state index >= 15 is 0 Å². The molecule has 0 radical (unpaired) electrons. The van der Waals surface area contributed by atoms with Crippen molar-refractivity contribution in [1.29, 1.82) is 0 Å². The number of halogens is 1. The molecule has 0 heterocycles. The second-order valence-electron chi connectivity index (χ2n) is 6.07. The van der Waals surface area contributed by atoms with Crippen molar-refractivity contribution < 1.29 is 9.47 Å². The summed E-state index contributed by atoms with van der Waals surface area (Å²) < 4.78 is 10.9. The van der Waals surface area contributed by atoms with Gasteiger partial charge in [-0.3, -0.25) is 0 Å². The van der Waals surface area contributed by atoms with Gasteiger partial charge in [-0.15, -0.1) is 11.8 Å². The summed E-state index contributed by atoms with van der Waals surface area (Å²) in [6, 6.07) is 15.1. The normalized spacial score (nSPS) is 12.0. The number of hydrogen-bond acceptors (Lipinski definition) is 3. The van der Waals surface area contributed by atoms with Crippen LogP contribution in [0.4, 0.5) is 0 Å². The number of rotatable bonds is 10. The van der Waals surface area contributed by atoms with Gasteiger partial charge in [-0.25, -0.2) is 0 Å². The van der Waals surface area contributed by atoms with Crippen molar-refractivity contribution in [1.82, 2.24) is 0 Å². The van der Waals surface area contributed by atoms with Crippen molar-refractivity contribution in [2.75, 3.05) is 19.5 Å². The van der Waals surface area contributed by atoms with Crippen LogP contribution in [0.25, 0.3) is 0 Å². The van der Waals surface area contributed by atoms with E-state index in [0.717, 1.165) is 23.2 Å². The molecule has 0 aliphatic rings. The molecule has 0 amide bonds. The van der Waals surface area contributed by atoms with Crippen molar-refractivity contribution in [3.8, 4) is 11.5 Å². The molecule has 4 heteroatoms. The number of thioether (sulfide) groups is 1. The van der Waals surface area contributed by atoms with E-state index in [1.165, 1.54) is 35.3 Å². The molecule has 1 atom stereocenters. The molecule has 0 aromatic heterocycles. The first kappa shape index (κ1) is 20.2. The zero-order chi connectivity index (χ0) is 18.1. The van der Waals surface area contributed by atoms with E-state index < -0.39 is 0 Å². The van der Waals surface area contributed by atoms with Gasteiger partial charge in [0.05, 0.1) is 14.2 Å². The van der Waals surface area contributed by atoms with Crippen molar-refractivity contribution in [2.45, 2.75) is 42.8 Å². The molecule has 0 saturated carbocycles. The van der Waals surface area contributed by atoms with Gasteiger partial charge >= 0.3 is 0 Å². The van der Waals surface area contributed by atoms with Crippen molar-refractivity contribution >= 4 is 27.7 Å². The lowest BCUT2D eigenvalue weighted by atomic mass is 10.0. The monoisotopic (exact) mass is 422 g/mol. The highest BCUT2D eigenvalue weighted by Gasteiger charge is 2.16. The quantitative estimate of drug-likeness (QED) is 0.238. The Morgan fingerprint density at radius 1 is 0.920 bits per heavy atom. The third-order valence-electron chi connectivity index (χ3n) is 4.18. The maximum Gasteiger partial charge on any atom is 0.161 e. The third kappa shape index (κ3) is 6.27. The van der Waals surface area contributed by atoms with Crippen LogP contribution in [0.1, 0.15) is 42.1 Å². The number of methoxy groups -OCH3 is 2. The van der Waals surface area contributed by atoms with Crippen LogP contribution in [-0.4, -0.2) is 19.5 Å². The minimum absolute atomic E-state index is 0.415. The fourth-order valence-corrected chi connectivity index (χ4v) is 4.31. The molecule has 2 aromatic rings. The Morgan fingerprint density at radius 3 is 2.28 bits per heavy atom. The molecule has 136 valence electrons. The van der Waals surface area contributed by atoms with Gasteiger partial charge in [0.1, 0.15) is 0 Å². The van der Waals surface area contributed by atoms with Crippen molar-refractivity contribution in [3.05, 3.63) is 53.6 Å². The first-order valence-corrected chi connectivity index (χ1v) is 10.7. The highest BCUT2D eigenvalue weighted by Crippen LogP contribution is 2.41. The summed E-state index contributed by atoms with van der Waals surface area (Å²) in [5.74, 6) is 1.58. The van der Waals surface area contributed by atoms with E-state index in [1.54, 1.807) is 14.2 Å². The van der Waals surface area contributed by atoms with Crippen LogP contribution < -0.4 is 9.47 Å². The molecule has 0 aliphatic heterocycles. The Morgan fingerprint density at radius 2 is 1.64 bits per heavy atom. The maximum atomic E-state index is 5.50. The number of aryl methyl sites for hydroxylation is 1. The molecule has 0 fully saturated rings. The predicted octanol–water partition coefficient (Wildman–Crippen LogP) is 6.80. The van der Waals surface area contributed by atoms with Gasteiger partial charge in [-0.1, -0.05) is 52.5 Å². The maximum absolute atomic E-state index is 5.50. The average Bonchev–Trinajstić information content (AvgIpc) is 2.65. The third-order valence-corrected chi connectivity index (χ3v) is 6.08. The minimum Gasteiger partial charge on any atom is -0.493 e. The number of hydrogen-bond donors (Lipinski definition) is 0. The summed E-state index contributed by atoms with van der Waals surface area (Å²) in [6.07, 6.45) is 4.86. The highest BCUT2D eigenvalue weighted by atomic mass is 79.9. The lowest BCUT2D eigenvalue weighted by Crippen LogP contribution is -1.98. The van der Waals surface area contributed by atoms with E-state index in [-0.39, 0.29) is 0 Å². The molecule has 2 nitrogen and oxygen atoms in total. The van der Waals surface area contributed by atoms with Gasteiger partial charge in [0, 0.05) is 15.5 Å². The van der Waals surface area contributed by atoms with Gasteiger partial charge in [0.25, 0.3) is 0 Å². The zero-order valence-corrected chi connectivity index (χ0v) is 17.7. The standard InChI is InChI=1S/C21H27BrO2S/c1-16-8-11-18(12-9-16)25-21(7-5-4-6-14-22)17-10-13-19(23-2)20(15-17)24-3/h8-13,15,21H,4-7,14H2,1-3H3. The first-order chi connectivity index (χ1) is 12.2. The molecular formula is C21H27BrO2S. The highest BCUT2D eigenvalue weighted by molar-refractivity contribution is 9.09. The van der Waals surface area contributed by atoms with Gasteiger partial charge in [-0.2, -0.15) is 0 Å². The van der Waals surface area contributed by atoms with Gasteiger partial charge in [-0.05, 0) is 49.6 Å². The first-order valence-electron chi connectivity index (χ1n) is 8.69. The SMILES string of the molecule is COc1ccc(C(CCCCCBr)Sc2ccc(C)cc2)cc1OC. The molecule has 0 saturated heterocycles. The average molecular weight is 423 g/mol. The van der Waals surface area contributed by atoms with E-state index in [1.807, 2.05) is 17.8 Å². The molecule has 0 spiro atoms. The van der Waals surface area contributed by atoms with E-state index in [4.69, 9.17) is 9.47 Å². The molecule has 2 aromatic carbocycles. The molecule has 0 bridgehead atoms. The summed E-state index contributed by atoms with van der Waals surface area (Å²) in [4.78, 5) is 1.31. The second-order valence-corrected chi connectivity index (χ2v) is 8.14. The van der Waals surface area contributed by atoms with Crippen LogP contribution in [-0.2, 0) is 0 Å². The fraction of sp³-hybridized carbons (Fsp3) is 0.429. The second kappa shape index (κ2) is 10.8. The summed E-state index contributed by atoms with van der Waals surface area (Å²) in [7, 11) is 3.37. The van der Waals surface area contributed by atoms with Gasteiger partial charge < -0.3 is 9.47 Å². The van der Waals surface area contributed by atoms with Crippen LogP contribution in [0.3, 0.4) is 0 Å². The van der Waals surface area contributed by atoms with Crippen LogP contribution >= 0.6 is 27.7 Å². The fourth-order valence-electron chi connectivity index (χ4n) is 2.73. The van der Waals surface area contributed by atoms with Crippen molar-refractivity contribution in [3.63, 3.8) is 0 Å². The minimum atomic E-state index is 0.415. The number of alkyl halides is 1. The van der Waals surface area contributed by atoms with E-state index in [9.17, 15) is 0 Å². The predicted molar refractivity (Wildman–Crippen MR) is 112 cm³/mol. The molecule has 2 rings (SSSR count). The molecule has 0 aliphatic carbocycles. The number of benzene rings is 2. The van der Waals surface area contributed by atoms with Crippen LogP contribution in [0, 0.1) is 6.92 Å². The van der Waals surface area contributed by atoms with Gasteiger partial charge in [0.2, 0.25) is 0 Å². The van der Waals surface area contributed by atoms with Crippen LogP contribution in [0.2, 0.25) is 0 Å². The smallest absolute Gasteiger partial charge is 0.161 e. The molecular weight excluding hydrogens is 396 g/mol. The Labute approximate surface area is 164 Å². The molecule has 25 heavy (non-hydrogen) atoms. The Hall–Kier alpha value is -1.13. The number of unbranched alkanes of at least 4 members (excludes halogenated alkanes) is 2. The largest absolute Gasteiger partial charge is 0.493 e. The summed E-state index contributed by atoms with van der Waals surface area (Å²) in [6.45, 7) is 2.13. The summed E-state index contributed by atoms with van der Waals surface area (Å²) in [5.41, 5.74) is 2.59. The molecule has 0 N–H and O–H groups in total. The number of ether oxygens (including phenoxy) is 2. The van der Waals surface area contributed by atoms with E-state index in [2.05, 4.69) is 59.3 Å². The summed E-state index contributed by atoms with van der Waals surface area (Å²) in [5, 5.41) is 1.50. The summed E-state index contributed by atoms with van der Waals surface area (Å²) >= 11 is 5.45. The van der Waals surface area contributed by atoms with E-state index in [0.29, 0.717) is 5.25 Å². The lowest BCUT2D eigenvalue weighted by molar-refractivity contribution is 0.354. The van der Waals surface area contributed by atoms with Crippen molar-refractivity contribution in [2.24, 2.45) is 0 Å². The lowest BCUT2D eigenvalue weighted by Gasteiger charge is -2.19. The topological polar surface area (TPSA) is 18.5 Å². The van der Waals surface area contributed by atoms with Crippen LogP contribution in [0.15, 0.2) is 47.4 Å². The Balaban J connectivity index is 2.19.